The van der Waals surface area contributed by atoms with Crippen molar-refractivity contribution in [2.75, 3.05) is 0 Å². The zero-order chi connectivity index (χ0) is 14.6. The molecule has 2 aromatic rings. The van der Waals surface area contributed by atoms with E-state index in [1.54, 1.807) is 0 Å². The molecule has 3 fully saturated rings. The average molecular weight is 281 g/mol. The molecule has 3 aliphatic carbocycles. The molecule has 2 heteroatoms. The minimum absolute atomic E-state index is 0.541. The lowest BCUT2D eigenvalue weighted by Crippen LogP contribution is -2.53. The summed E-state index contributed by atoms with van der Waals surface area (Å²) < 4.78 is 2.36. The lowest BCUT2D eigenvalue weighted by Gasteiger charge is -2.60. The largest absolute Gasteiger partial charge is 0.347 e. The fourth-order valence-corrected chi connectivity index (χ4v) is 4.94. The van der Waals surface area contributed by atoms with Gasteiger partial charge in [0.25, 0.3) is 0 Å². The summed E-state index contributed by atoms with van der Waals surface area (Å²) in [6.07, 6.45) is 7.32. The standard InChI is InChI=1S/C19H23NO/c1-19(2)15-7-6-13(17(19)10-15)11-20-9-8-16-14(12-21)4-3-5-18(16)20/h3-5,8-9,12-13,15,17H,6-7,10-11H2,1-2H3. The summed E-state index contributed by atoms with van der Waals surface area (Å²) in [5.74, 6) is 2.63. The SMILES string of the molecule is CC1(C)C2CCC(Cn3ccc4c(C=O)cccc43)C1C2. The molecule has 2 bridgehead atoms. The van der Waals surface area contributed by atoms with Gasteiger partial charge >= 0.3 is 0 Å². The summed E-state index contributed by atoms with van der Waals surface area (Å²) >= 11 is 0. The number of aromatic nitrogens is 1. The smallest absolute Gasteiger partial charge is 0.150 e. The van der Waals surface area contributed by atoms with Crippen molar-refractivity contribution in [1.82, 2.24) is 4.57 Å². The van der Waals surface area contributed by atoms with Gasteiger partial charge in [0.05, 0.1) is 0 Å². The third-order valence-corrected chi connectivity index (χ3v) is 6.41. The summed E-state index contributed by atoms with van der Waals surface area (Å²) in [5, 5.41) is 1.09. The minimum atomic E-state index is 0.541. The maximum Gasteiger partial charge on any atom is 0.150 e. The molecule has 0 amide bonds. The Morgan fingerprint density at radius 3 is 2.86 bits per heavy atom. The molecule has 21 heavy (non-hydrogen) atoms. The van der Waals surface area contributed by atoms with Crippen LogP contribution in [-0.2, 0) is 6.54 Å². The van der Waals surface area contributed by atoms with E-state index in [0.29, 0.717) is 5.41 Å². The number of aldehydes is 1. The normalized spacial score (nSPS) is 30.1. The number of benzene rings is 1. The first-order valence-corrected chi connectivity index (χ1v) is 8.14. The van der Waals surface area contributed by atoms with E-state index in [4.69, 9.17) is 0 Å². The monoisotopic (exact) mass is 281 g/mol. The van der Waals surface area contributed by atoms with Crippen LogP contribution in [0.15, 0.2) is 30.5 Å². The van der Waals surface area contributed by atoms with Crippen molar-refractivity contribution < 1.29 is 4.79 Å². The Kier molecular flexibility index (Phi) is 2.79. The molecule has 1 aromatic carbocycles. The molecule has 110 valence electrons. The molecule has 0 saturated heterocycles. The van der Waals surface area contributed by atoms with Gasteiger partial charge in [-0.05, 0) is 54.6 Å². The lowest BCUT2D eigenvalue weighted by molar-refractivity contribution is -0.108. The van der Waals surface area contributed by atoms with Gasteiger partial charge in [-0.3, -0.25) is 4.79 Å². The predicted octanol–water partition coefficient (Wildman–Crippen LogP) is 4.53. The van der Waals surface area contributed by atoms with Gasteiger partial charge in [-0.25, -0.2) is 0 Å². The first-order valence-electron chi connectivity index (χ1n) is 8.14. The Balaban J connectivity index is 1.65. The van der Waals surface area contributed by atoms with Crippen LogP contribution in [0, 0.1) is 23.2 Å². The maximum absolute atomic E-state index is 11.2. The number of nitrogens with zero attached hydrogens (tertiary/aromatic N) is 1. The van der Waals surface area contributed by atoms with E-state index in [1.807, 2.05) is 12.1 Å². The Labute approximate surface area is 126 Å². The molecule has 2 nitrogen and oxygen atoms in total. The molecule has 0 aliphatic heterocycles. The second-order valence-electron chi connectivity index (χ2n) is 7.56. The molecular weight excluding hydrogens is 258 g/mol. The Morgan fingerprint density at radius 2 is 2.14 bits per heavy atom. The molecule has 0 spiro atoms. The Morgan fingerprint density at radius 1 is 1.29 bits per heavy atom. The van der Waals surface area contributed by atoms with E-state index < -0.39 is 0 Å². The highest BCUT2D eigenvalue weighted by Crippen LogP contribution is 2.61. The fraction of sp³-hybridized carbons (Fsp3) is 0.526. The van der Waals surface area contributed by atoms with Crippen LogP contribution in [0.5, 0.6) is 0 Å². The van der Waals surface area contributed by atoms with Crippen LogP contribution in [0.2, 0.25) is 0 Å². The number of carbonyl (C=O) groups is 1. The fourth-order valence-electron chi connectivity index (χ4n) is 4.94. The highest BCUT2D eigenvalue weighted by atomic mass is 16.1. The lowest BCUT2D eigenvalue weighted by atomic mass is 9.45. The van der Waals surface area contributed by atoms with Crippen LogP contribution in [0.3, 0.4) is 0 Å². The van der Waals surface area contributed by atoms with Crippen molar-refractivity contribution in [3.8, 4) is 0 Å². The molecular formula is C19H23NO. The maximum atomic E-state index is 11.2. The summed E-state index contributed by atoms with van der Waals surface area (Å²) in [5.41, 5.74) is 2.55. The molecule has 5 rings (SSSR count). The summed E-state index contributed by atoms with van der Waals surface area (Å²) in [4.78, 5) is 11.2. The second-order valence-corrected chi connectivity index (χ2v) is 7.56. The number of fused-ring (bicyclic) bond motifs is 3. The van der Waals surface area contributed by atoms with Crippen LogP contribution >= 0.6 is 0 Å². The van der Waals surface area contributed by atoms with Gasteiger partial charge in [-0.15, -0.1) is 0 Å². The minimum Gasteiger partial charge on any atom is -0.347 e. The van der Waals surface area contributed by atoms with Crippen LogP contribution < -0.4 is 0 Å². The Bertz CT molecular complexity index is 695. The van der Waals surface area contributed by atoms with Crippen LogP contribution in [0.1, 0.15) is 43.5 Å². The van der Waals surface area contributed by atoms with Gasteiger partial charge < -0.3 is 4.57 Å². The van der Waals surface area contributed by atoms with Gasteiger partial charge in [0.2, 0.25) is 0 Å². The summed E-state index contributed by atoms with van der Waals surface area (Å²) in [6, 6.07) is 8.13. The van der Waals surface area contributed by atoms with E-state index in [-0.39, 0.29) is 0 Å². The molecule has 0 N–H and O–H groups in total. The van der Waals surface area contributed by atoms with E-state index in [2.05, 4.69) is 36.7 Å². The van der Waals surface area contributed by atoms with Gasteiger partial charge in [0.15, 0.2) is 6.29 Å². The van der Waals surface area contributed by atoms with E-state index in [1.165, 1.54) is 24.8 Å². The number of rotatable bonds is 3. The zero-order valence-electron chi connectivity index (χ0n) is 12.9. The second kappa shape index (κ2) is 4.46. The van der Waals surface area contributed by atoms with Crippen molar-refractivity contribution in [3.05, 3.63) is 36.0 Å². The number of hydrogen-bond acceptors (Lipinski definition) is 1. The predicted molar refractivity (Wildman–Crippen MR) is 85.4 cm³/mol. The summed E-state index contributed by atoms with van der Waals surface area (Å²) in [7, 11) is 0. The van der Waals surface area contributed by atoms with Crippen molar-refractivity contribution in [2.24, 2.45) is 23.2 Å². The van der Waals surface area contributed by atoms with Crippen molar-refractivity contribution in [2.45, 2.75) is 39.7 Å². The first kappa shape index (κ1) is 13.1. The van der Waals surface area contributed by atoms with Crippen molar-refractivity contribution >= 4 is 17.2 Å². The van der Waals surface area contributed by atoms with E-state index in [9.17, 15) is 4.79 Å². The van der Waals surface area contributed by atoms with Crippen LogP contribution in [0.4, 0.5) is 0 Å². The van der Waals surface area contributed by atoms with Crippen molar-refractivity contribution in [1.29, 1.82) is 0 Å². The molecule has 3 atom stereocenters. The van der Waals surface area contributed by atoms with Crippen LogP contribution in [0.25, 0.3) is 10.9 Å². The molecule has 3 saturated carbocycles. The third-order valence-electron chi connectivity index (χ3n) is 6.41. The topological polar surface area (TPSA) is 22.0 Å². The van der Waals surface area contributed by atoms with Gasteiger partial charge in [-0.2, -0.15) is 0 Å². The average Bonchev–Trinajstić information content (AvgIpc) is 2.90. The van der Waals surface area contributed by atoms with Gasteiger partial charge in [0.1, 0.15) is 0 Å². The number of carbonyl (C=O) groups excluding carboxylic acids is 1. The molecule has 0 radical (unpaired) electrons. The van der Waals surface area contributed by atoms with E-state index >= 15 is 0 Å². The van der Waals surface area contributed by atoms with Gasteiger partial charge in [0, 0.05) is 29.2 Å². The highest BCUT2D eigenvalue weighted by molar-refractivity contribution is 5.97. The molecule has 3 unspecified atom stereocenters. The van der Waals surface area contributed by atoms with Crippen LogP contribution in [-0.4, -0.2) is 10.9 Å². The Hall–Kier alpha value is -1.57. The highest BCUT2D eigenvalue weighted by Gasteiger charge is 2.53. The molecule has 1 aromatic heterocycles. The summed E-state index contributed by atoms with van der Waals surface area (Å²) in [6.45, 7) is 6.01. The number of hydrogen-bond donors (Lipinski definition) is 0. The third kappa shape index (κ3) is 1.81. The first-order chi connectivity index (χ1) is 10.1. The quantitative estimate of drug-likeness (QED) is 0.758. The molecule has 1 heterocycles. The van der Waals surface area contributed by atoms with E-state index in [0.717, 1.165) is 41.5 Å². The molecule has 3 aliphatic rings. The zero-order valence-corrected chi connectivity index (χ0v) is 12.9. The van der Waals surface area contributed by atoms with Crippen molar-refractivity contribution in [3.63, 3.8) is 0 Å². The van der Waals surface area contributed by atoms with Gasteiger partial charge in [-0.1, -0.05) is 26.0 Å².